The van der Waals surface area contributed by atoms with E-state index < -0.39 is 0 Å². The third-order valence-corrected chi connectivity index (χ3v) is 2.27. The van der Waals surface area contributed by atoms with Crippen molar-refractivity contribution in [1.82, 2.24) is 14.8 Å². The first-order chi connectivity index (χ1) is 6.69. The van der Waals surface area contributed by atoms with Gasteiger partial charge in [0.25, 0.3) is 0 Å². The van der Waals surface area contributed by atoms with Crippen molar-refractivity contribution >= 4 is 11.6 Å². The highest BCUT2D eigenvalue weighted by atomic mass is 35.5. The van der Waals surface area contributed by atoms with Crippen LogP contribution in [0.25, 0.3) is 0 Å². The maximum atomic E-state index is 5.90. The van der Waals surface area contributed by atoms with E-state index in [0.29, 0.717) is 18.4 Å². The standard InChI is InChI=1S/C9H16ClN3O/c1-4-8-11-12-9(10)13(8)6-7(3)14-5-2/h7H,4-6H2,1-3H3. The van der Waals surface area contributed by atoms with Gasteiger partial charge in [0.1, 0.15) is 5.82 Å². The monoisotopic (exact) mass is 217 g/mol. The first kappa shape index (κ1) is 11.5. The van der Waals surface area contributed by atoms with E-state index in [0.717, 1.165) is 12.2 Å². The summed E-state index contributed by atoms with van der Waals surface area (Å²) in [5, 5.41) is 8.23. The second-order valence-corrected chi connectivity index (χ2v) is 3.45. The molecular weight excluding hydrogens is 202 g/mol. The van der Waals surface area contributed by atoms with Crippen LogP contribution >= 0.6 is 11.6 Å². The number of hydrogen-bond acceptors (Lipinski definition) is 3. The highest BCUT2D eigenvalue weighted by Gasteiger charge is 2.11. The molecule has 1 aromatic rings. The minimum atomic E-state index is 0.138. The fourth-order valence-electron chi connectivity index (χ4n) is 1.35. The number of hydrogen-bond donors (Lipinski definition) is 0. The van der Waals surface area contributed by atoms with Crippen LogP contribution in [0.2, 0.25) is 5.28 Å². The number of nitrogens with zero attached hydrogens (tertiary/aromatic N) is 3. The Hall–Kier alpha value is -0.610. The van der Waals surface area contributed by atoms with Crippen LogP contribution in [-0.2, 0) is 17.7 Å². The predicted molar refractivity (Wildman–Crippen MR) is 55.5 cm³/mol. The highest BCUT2D eigenvalue weighted by molar-refractivity contribution is 6.28. The van der Waals surface area contributed by atoms with Crippen molar-refractivity contribution in [3.05, 3.63) is 11.1 Å². The van der Waals surface area contributed by atoms with E-state index in [1.165, 1.54) is 0 Å². The van der Waals surface area contributed by atoms with Gasteiger partial charge in [0.2, 0.25) is 5.28 Å². The van der Waals surface area contributed by atoms with Crippen LogP contribution in [0.1, 0.15) is 26.6 Å². The van der Waals surface area contributed by atoms with Crippen LogP contribution in [0.3, 0.4) is 0 Å². The summed E-state index contributed by atoms with van der Waals surface area (Å²) in [7, 11) is 0. The number of halogens is 1. The fourth-order valence-corrected chi connectivity index (χ4v) is 1.55. The molecule has 0 aliphatic rings. The largest absolute Gasteiger partial charge is 0.377 e. The lowest BCUT2D eigenvalue weighted by molar-refractivity contribution is 0.0634. The molecule has 0 spiro atoms. The Labute approximate surface area is 89.2 Å². The summed E-state index contributed by atoms with van der Waals surface area (Å²) in [4.78, 5) is 0. The van der Waals surface area contributed by atoms with Gasteiger partial charge in [0.15, 0.2) is 0 Å². The van der Waals surface area contributed by atoms with Gasteiger partial charge < -0.3 is 4.74 Å². The van der Waals surface area contributed by atoms with Gasteiger partial charge >= 0.3 is 0 Å². The molecule has 1 rings (SSSR count). The van der Waals surface area contributed by atoms with Crippen molar-refractivity contribution in [1.29, 1.82) is 0 Å². The molecular formula is C9H16ClN3O. The molecule has 0 N–H and O–H groups in total. The molecule has 0 amide bonds. The molecule has 0 bridgehead atoms. The third-order valence-electron chi connectivity index (χ3n) is 1.99. The van der Waals surface area contributed by atoms with Crippen LogP contribution in [0, 0.1) is 0 Å². The van der Waals surface area contributed by atoms with Crippen molar-refractivity contribution in [3.63, 3.8) is 0 Å². The number of ether oxygens (including phenoxy) is 1. The summed E-state index contributed by atoms with van der Waals surface area (Å²) in [6.45, 7) is 7.44. The van der Waals surface area contributed by atoms with Gasteiger partial charge in [-0.05, 0) is 25.4 Å². The normalized spacial score (nSPS) is 13.1. The first-order valence-corrected chi connectivity index (χ1v) is 5.26. The van der Waals surface area contributed by atoms with Crippen molar-refractivity contribution < 1.29 is 4.74 Å². The molecule has 4 nitrogen and oxygen atoms in total. The first-order valence-electron chi connectivity index (χ1n) is 4.88. The Bertz CT molecular complexity index is 288. The van der Waals surface area contributed by atoms with Crippen molar-refractivity contribution in [3.8, 4) is 0 Å². The quantitative estimate of drug-likeness (QED) is 0.757. The molecule has 0 aliphatic carbocycles. The minimum Gasteiger partial charge on any atom is -0.377 e. The van der Waals surface area contributed by atoms with E-state index >= 15 is 0 Å². The maximum Gasteiger partial charge on any atom is 0.225 e. The van der Waals surface area contributed by atoms with Crippen LogP contribution in [0.5, 0.6) is 0 Å². The second kappa shape index (κ2) is 5.32. The zero-order valence-electron chi connectivity index (χ0n) is 8.83. The number of aromatic nitrogens is 3. The molecule has 0 aromatic carbocycles. The van der Waals surface area contributed by atoms with E-state index in [4.69, 9.17) is 16.3 Å². The van der Waals surface area contributed by atoms with Crippen LogP contribution in [-0.4, -0.2) is 27.5 Å². The average molecular weight is 218 g/mol. The summed E-state index contributed by atoms with van der Waals surface area (Å²) in [6.07, 6.45) is 0.970. The van der Waals surface area contributed by atoms with E-state index in [1.54, 1.807) is 0 Å². The minimum absolute atomic E-state index is 0.138. The Balaban J connectivity index is 2.68. The lowest BCUT2D eigenvalue weighted by atomic mass is 10.3. The Morgan fingerprint density at radius 2 is 2.14 bits per heavy atom. The molecule has 0 radical (unpaired) electrons. The Morgan fingerprint density at radius 3 is 2.71 bits per heavy atom. The molecule has 0 saturated heterocycles. The van der Waals surface area contributed by atoms with Crippen molar-refractivity contribution in [2.75, 3.05) is 6.61 Å². The summed E-state index contributed by atoms with van der Waals surface area (Å²) in [5.74, 6) is 0.904. The van der Waals surface area contributed by atoms with Gasteiger partial charge in [0.05, 0.1) is 12.6 Å². The van der Waals surface area contributed by atoms with Crippen LogP contribution in [0.15, 0.2) is 0 Å². The third kappa shape index (κ3) is 2.69. The molecule has 0 aliphatic heterocycles. The molecule has 1 heterocycles. The second-order valence-electron chi connectivity index (χ2n) is 3.12. The van der Waals surface area contributed by atoms with Gasteiger partial charge in [-0.3, -0.25) is 4.57 Å². The number of rotatable bonds is 5. The van der Waals surface area contributed by atoms with E-state index in [-0.39, 0.29) is 6.10 Å². The van der Waals surface area contributed by atoms with Crippen molar-refractivity contribution in [2.45, 2.75) is 39.8 Å². The molecule has 1 unspecified atom stereocenters. The SMILES string of the molecule is CCOC(C)Cn1c(Cl)nnc1CC. The molecule has 1 atom stereocenters. The predicted octanol–water partition coefficient (Wildman–Crippen LogP) is 1.92. The maximum absolute atomic E-state index is 5.90. The fraction of sp³-hybridized carbons (Fsp3) is 0.778. The summed E-state index contributed by atoms with van der Waals surface area (Å²) >= 11 is 5.90. The van der Waals surface area contributed by atoms with Gasteiger partial charge in [-0.25, -0.2) is 0 Å². The summed E-state index contributed by atoms with van der Waals surface area (Å²) in [6, 6.07) is 0. The molecule has 80 valence electrons. The van der Waals surface area contributed by atoms with Crippen LogP contribution < -0.4 is 0 Å². The molecule has 5 heteroatoms. The van der Waals surface area contributed by atoms with Gasteiger partial charge in [0, 0.05) is 13.0 Å². The molecule has 0 saturated carbocycles. The molecule has 1 aromatic heterocycles. The lowest BCUT2D eigenvalue weighted by Gasteiger charge is -2.13. The molecule has 0 fully saturated rings. The Morgan fingerprint density at radius 1 is 1.43 bits per heavy atom. The summed E-state index contributed by atoms with van der Waals surface area (Å²) in [5.41, 5.74) is 0. The zero-order valence-corrected chi connectivity index (χ0v) is 9.58. The highest BCUT2D eigenvalue weighted by Crippen LogP contribution is 2.10. The average Bonchev–Trinajstić information content (AvgIpc) is 2.48. The van der Waals surface area contributed by atoms with Gasteiger partial charge in [-0.15, -0.1) is 10.2 Å². The van der Waals surface area contributed by atoms with E-state index in [1.807, 2.05) is 25.3 Å². The van der Waals surface area contributed by atoms with Crippen LogP contribution in [0.4, 0.5) is 0 Å². The topological polar surface area (TPSA) is 39.9 Å². The number of aryl methyl sites for hydroxylation is 1. The van der Waals surface area contributed by atoms with E-state index in [9.17, 15) is 0 Å². The van der Waals surface area contributed by atoms with Gasteiger partial charge in [-0.2, -0.15) is 0 Å². The summed E-state index contributed by atoms with van der Waals surface area (Å²) < 4.78 is 7.33. The lowest BCUT2D eigenvalue weighted by Crippen LogP contribution is -2.18. The van der Waals surface area contributed by atoms with Gasteiger partial charge in [-0.1, -0.05) is 6.92 Å². The zero-order chi connectivity index (χ0) is 10.6. The molecule has 14 heavy (non-hydrogen) atoms. The van der Waals surface area contributed by atoms with E-state index in [2.05, 4.69) is 10.2 Å². The smallest absolute Gasteiger partial charge is 0.225 e. The Kier molecular flexibility index (Phi) is 4.35. The van der Waals surface area contributed by atoms with Crippen molar-refractivity contribution in [2.24, 2.45) is 0 Å².